The Bertz CT molecular complexity index is 383. The lowest BCUT2D eigenvalue weighted by Crippen LogP contribution is -2.55. The highest BCUT2D eigenvalue weighted by Gasteiger charge is 2.29. The van der Waals surface area contributed by atoms with Crippen LogP contribution in [0.4, 0.5) is 0 Å². The second-order valence-electron chi connectivity index (χ2n) is 6.53. The van der Waals surface area contributed by atoms with Crippen LogP contribution in [0.25, 0.3) is 0 Å². The first-order valence-corrected chi connectivity index (χ1v) is 8.48. The zero-order chi connectivity index (χ0) is 14.6. The van der Waals surface area contributed by atoms with Gasteiger partial charge in [-0.1, -0.05) is 19.9 Å². The lowest BCUT2D eigenvalue weighted by molar-refractivity contribution is -0.0107. The first kappa shape index (κ1) is 16.0. The van der Waals surface area contributed by atoms with Gasteiger partial charge in [-0.3, -0.25) is 4.90 Å². The highest BCUT2D eigenvalue weighted by atomic mass is 32.1. The second-order valence-corrected chi connectivity index (χ2v) is 7.51. The van der Waals surface area contributed by atoms with Gasteiger partial charge in [0.2, 0.25) is 0 Å². The van der Waals surface area contributed by atoms with E-state index >= 15 is 0 Å². The van der Waals surface area contributed by atoms with Crippen LogP contribution in [0.3, 0.4) is 0 Å². The fraction of sp³-hybridized carbons (Fsp3) is 0.750. The summed E-state index contributed by atoms with van der Waals surface area (Å²) in [5.74, 6) is 0.606. The number of hydrogen-bond donors (Lipinski definition) is 1. The Balaban J connectivity index is 1.94. The third-order valence-electron chi connectivity index (χ3n) is 4.14. The summed E-state index contributed by atoms with van der Waals surface area (Å²) < 4.78 is 5.46. The molecule has 1 aliphatic rings. The van der Waals surface area contributed by atoms with Crippen molar-refractivity contribution in [3.63, 3.8) is 0 Å². The zero-order valence-corrected chi connectivity index (χ0v) is 14.0. The topological polar surface area (TPSA) is 24.5 Å². The van der Waals surface area contributed by atoms with E-state index in [0.29, 0.717) is 12.0 Å². The summed E-state index contributed by atoms with van der Waals surface area (Å²) in [7, 11) is 0. The average Bonchev–Trinajstić information content (AvgIpc) is 2.93. The minimum atomic E-state index is 0.175. The molecule has 1 unspecified atom stereocenters. The average molecular weight is 296 g/mol. The van der Waals surface area contributed by atoms with Gasteiger partial charge in [0, 0.05) is 36.1 Å². The largest absolute Gasteiger partial charge is 0.379 e. The summed E-state index contributed by atoms with van der Waals surface area (Å²) in [5.41, 5.74) is 0.175. The van der Waals surface area contributed by atoms with Crippen LogP contribution in [0, 0.1) is 5.92 Å². The van der Waals surface area contributed by atoms with Gasteiger partial charge < -0.3 is 10.1 Å². The Labute approximate surface area is 127 Å². The molecule has 2 heterocycles. The van der Waals surface area contributed by atoms with Crippen LogP contribution in [0.15, 0.2) is 17.5 Å². The van der Waals surface area contributed by atoms with Gasteiger partial charge in [-0.15, -0.1) is 11.3 Å². The van der Waals surface area contributed by atoms with E-state index < -0.39 is 0 Å². The minimum absolute atomic E-state index is 0.175. The third-order valence-corrected chi connectivity index (χ3v) is 5.09. The monoisotopic (exact) mass is 296 g/mol. The van der Waals surface area contributed by atoms with Crippen molar-refractivity contribution < 1.29 is 4.74 Å². The summed E-state index contributed by atoms with van der Waals surface area (Å²) >= 11 is 1.85. The summed E-state index contributed by atoms with van der Waals surface area (Å²) in [6.07, 6.45) is 0. The van der Waals surface area contributed by atoms with Crippen molar-refractivity contribution in [2.45, 2.75) is 39.3 Å². The normalized spacial score (nSPS) is 19.4. The standard InChI is InChI=1S/C16H28N2OS/c1-13(2)15(14-6-5-11-20-14)17-12-16(3,4)18-7-9-19-10-8-18/h5-6,11,13,15,17H,7-10,12H2,1-4H3. The lowest BCUT2D eigenvalue weighted by atomic mass is 9.98. The molecule has 1 aliphatic heterocycles. The summed E-state index contributed by atoms with van der Waals surface area (Å²) in [6, 6.07) is 4.84. The SMILES string of the molecule is CC(C)C(NCC(C)(C)N1CCOCC1)c1cccs1. The molecule has 1 aromatic rings. The molecule has 1 saturated heterocycles. The van der Waals surface area contributed by atoms with Crippen molar-refractivity contribution in [2.75, 3.05) is 32.8 Å². The van der Waals surface area contributed by atoms with E-state index in [9.17, 15) is 0 Å². The summed E-state index contributed by atoms with van der Waals surface area (Å²) in [4.78, 5) is 3.98. The van der Waals surface area contributed by atoms with Gasteiger partial charge in [-0.05, 0) is 31.2 Å². The van der Waals surface area contributed by atoms with E-state index in [2.05, 4.69) is 55.4 Å². The Hall–Kier alpha value is -0.420. The van der Waals surface area contributed by atoms with Crippen LogP contribution in [-0.4, -0.2) is 43.3 Å². The van der Waals surface area contributed by atoms with Gasteiger partial charge in [0.1, 0.15) is 0 Å². The summed E-state index contributed by atoms with van der Waals surface area (Å²) in [5, 5.41) is 5.95. The number of thiophene rings is 1. The quantitative estimate of drug-likeness (QED) is 0.873. The molecule has 1 aromatic heterocycles. The van der Waals surface area contributed by atoms with E-state index in [1.165, 1.54) is 4.88 Å². The van der Waals surface area contributed by atoms with Gasteiger partial charge in [-0.25, -0.2) is 0 Å². The minimum Gasteiger partial charge on any atom is -0.379 e. The fourth-order valence-electron chi connectivity index (χ4n) is 2.77. The molecular formula is C16H28N2OS. The Morgan fingerprint density at radius 2 is 2.05 bits per heavy atom. The van der Waals surface area contributed by atoms with Crippen LogP contribution >= 0.6 is 11.3 Å². The highest BCUT2D eigenvalue weighted by molar-refractivity contribution is 7.10. The molecule has 0 radical (unpaired) electrons. The maximum absolute atomic E-state index is 5.46. The molecular weight excluding hydrogens is 268 g/mol. The number of nitrogens with one attached hydrogen (secondary N) is 1. The van der Waals surface area contributed by atoms with Crippen molar-refractivity contribution in [1.29, 1.82) is 0 Å². The molecule has 0 spiro atoms. The van der Waals surface area contributed by atoms with Gasteiger partial charge in [0.15, 0.2) is 0 Å². The molecule has 0 aliphatic carbocycles. The van der Waals surface area contributed by atoms with E-state index in [0.717, 1.165) is 32.8 Å². The van der Waals surface area contributed by atoms with Crippen LogP contribution < -0.4 is 5.32 Å². The molecule has 2 rings (SSSR count). The zero-order valence-electron chi connectivity index (χ0n) is 13.2. The molecule has 0 amide bonds. The molecule has 1 fully saturated rings. The Morgan fingerprint density at radius 3 is 2.60 bits per heavy atom. The Morgan fingerprint density at radius 1 is 1.35 bits per heavy atom. The Kier molecular flexibility index (Phi) is 5.61. The van der Waals surface area contributed by atoms with Gasteiger partial charge in [0.05, 0.1) is 13.2 Å². The highest BCUT2D eigenvalue weighted by Crippen LogP contribution is 2.27. The molecule has 114 valence electrons. The lowest BCUT2D eigenvalue weighted by Gasteiger charge is -2.42. The summed E-state index contributed by atoms with van der Waals surface area (Å²) in [6.45, 7) is 14.1. The fourth-order valence-corrected chi connectivity index (χ4v) is 3.75. The van der Waals surface area contributed by atoms with Gasteiger partial charge in [0.25, 0.3) is 0 Å². The van der Waals surface area contributed by atoms with Crippen molar-refractivity contribution in [2.24, 2.45) is 5.92 Å². The van der Waals surface area contributed by atoms with E-state index in [1.807, 2.05) is 11.3 Å². The molecule has 3 nitrogen and oxygen atoms in total. The molecule has 4 heteroatoms. The van der Waals surface area contributed by atoms with Gasteiger partial charge >= 0.3 is 0 Å². The molecule has 0 saturated carbocycles. The van der Waals surface area contributed by atoms with Crippen LogP contribution in [0.2, 0.25) is 0 Å². The smallest absolute Gasteiger partial charge is 0.0594 e. The van der Waals surface area contributed by atoms with Crippen LogP contribution in [-0.2, 0) is 4.74 Å². The van der Waals surface area contributed by atoms with E-state index in [4.69, 9.17) is 4.74 Å². The molecule has 20 heavy (non-hydrogen) atoms. The first-order chi connectivity index (χ1) is 9.50. The number of rotatable bonds is 6. The van der Waals surface area contributed by atoms with Crippen molar-refractivity contribution in [3.05, 3.63) is 22.4 Å². The first-order valence-electron chi connectivity index (χ1n) is 7.60. The third kappa shape index (κ3) is 4.04. The maximum Gasteiger partial charge on any atom is 0.0594 e. The molecule has 0 bridgehead atoms. The van der Waals surface area contributed by atoms with Crippen LogP contribution in [0.1, 0.15) is 38.6 Å². The number of hydrogen-bond acceptors (Lipinski definition) is 4. The number of morpholine rings is 1. The van der Waals surface area contributed by atoms with Gasteiger partial charge in [-0.2, -0.15) is 0 Å². The molecule has 0 aromatic carbocycles. The second kappa shape index (κ2) is 7.03. The number of ether oxygens (including phenoxy) is 1. The van der Waals surface area contributed by atoms with Crippen molar-refractivity contribution in [3.8, 4) is 0 Å². The van der Waals surface area contributed by atoms with Crippen molar-refractivity contribution >= 4 is 11.3 Å². The molecule has 1 atom stereocenters. The van der Waals surface area contributed by atoms with E-state index in [-0.39, 0.29) is 5.54 Å². The molecule has 1 N–H and O–H groups in total. The number of nitrogens with zero attached hydrogens (tertiary/aromatic N) is 1. The van der Waals surface area contributed by atoms with Crippen molar-refractivity contribution in [1.82, 2.24) is 10.2 Å². The predicted molar refractivity (Wildman–Crippen MR) is 86.4 cm³/mol. The van der Waals surface area contributed by atoms with E-state index in [1.54, 1.807) is 0 Å². The van der Waals surface area contributed by atoms with Crippen LogP contribution in [0.5, 0.6) is 0 Å². The predicted octanol–water partition coefficient (Wildman–Crippen LogP) is 3.15. The maximum atomic E-state index is 5.46.